The van der Waals surface area contributed by atoms with E-state index in [0.29, 0.717) is 6.42 Å². The highest BCUT2D eigenvalue weighted by atomic mass is 79.9. The first-order valence-corrected chi connectivity index (χ1v) is 5.86. The van der Waals surface area contributed by atoms with E-state index in [1.54, 1.807) is 11.3 Å². The molecule has 0 aromatic carbocycles. The molecule has 0 amide bonds. The number of hydrogen-bond acceptors (Lipinski definition) is 3. The van der Waals surface area contributed by atoms with E-state index in [0.717, 1.165) is 8.66 Å². The van der Waals surface area contributed by atoms with E-state index in [-0.39, 0.29) is 6.04 Å². The van der Waals surface area contributed by atoms with E-state index in [9.17, 15) is 5.11 Å². The molecule has 1 aromatic heterocycles. The monoisotopic (exact) mass is 263 g/mol. The Labute approximate surface area is 90.9 Å². The number of thiophene rings is 1. The fraction of sp³-hybridized carbons (Fsp3) is 0.556. The molecule has 2 nitrogen and oxygen atoms in total. The zero-order chi connectivity index (χ0) is 10.0. The SMILES string of the molecule is CCC(O)C(N)c1cc(C)c(Br)s1. The molecular weight excluding hydrogens is 250 g/mol. The van der Waals surface area contributed by atoms with Gasteiger partial charge in [0.1, 0.15) is 0 Å². The Kier molecular flexibility index (Phi) is 3.91. The van der Waals surface area contributed by atoms with Crippen LogP contribution in [0, 0.1) is 6.92 Å². The van der Waals surface area contributed by atoms with E-state index in [2.05, 4.69) is 15.9 Å². The molecule has 0 radical (unpaired) electrons. The van der Waals surface area contributed by atoms with Crippen molar-refractivity contribution in [1.29, 1.82) is 0 Å². The number of aliphatic hydroxyl groups is 1. The number of nitrogens with two attached hydrogens (primary N) is 1. The lowest BCUT2D eigenvalue weighted by Gasteiger charge is -2.14. The normalized spacial score (nSPS) is 15.8. The summed E-state index contributed by atoms with van der Waals surface area (Å²) in [6.07, 6.45) is 0.250. The van der Waals surface area contributed by atoms with Crippen molar-refractivity contribution in [1.82, 2.24) is 0 Å². The fourth-order valence-electron chi connectivity index (χ4n) is 1.09. The molecule has 2 atom stereocenters. The summed E-state index contributed by atoms with van der Waals surface area (Å²) >= 11 is 5.03. The van der Waals surface area contributed by atoms with Crippen molar-refractivity contribution in [2.75, 3.05) is 0 Å². The van der Waals surface area contributed by atoms with Crippen LogP contribution in [0.4, 0.5) is 0 Å². The molecule has 0 saturated heterocycles. The second-order valence-corrected chi connectivity index (χ2v) is 5.51. The molecule has 1 rings (SSSR count). The summed E-state index contributed by atoms with van der Waals surface area (Å²) in [5.74, 6) is 0. The largest absolute Gasteiger partial charge is 0.391 e. The van der Waals surface area contributed by atoms with Crippen molar-refractivity contribution in [2.24, 2.45) is 5.73 Å². The number of aryl methyl sites for hydroxylation is 1. The first-order valence-electron chi connectivity index (χ1n) is 4.25. The van der Waals surface area contributed by atoms with E-state index in [1.807, 2.05) is 19.9 Å². The summed E-state index contributed by atoms with van der Waals surface area (Å²) in [6, 6.07) is 1.78. The Hall–Kier alpha value is 0.1000. The minimum absolute atomic E-state index is 0.250. The highest BCUT2D eigenvalue weighted by Crippen LogP contribution is 2.32. The Bertz CT molecular complexity index is 268. The number of halogens is 1. The van der Waals surface area contributed by atoms with Gasteiger partial charge in [-0.3, -0.25) is 0 Å². The average molecular weight is 264 g/mol. The first kappa shape index (κ1) is 11.2. The molecule has 0 fully saturated rings. The standard InChI is InChI=1S/C9H14BrNOS/c1-3-6(12)8(11)7-4-5(2)9(10)13-7/h4,6,8,12H,3,11H2,1-2H3. The van der Waals surface area contributed by atoms with Crippen LogP contribution in [-0.2, 0) is 0 Å². The smallest absolute Gasteiger partial charge is 0.0738 e. The molecule has 0 saturated carbocycles. The lowest BCUT2D eigenvalue weighted by atomic mass is 10.1. The molecule has 0 aliphatic rings. The molecule has 0 aliphatic carbocycles. The molecule has 1 heterocycles. The summed E-state index contributed by atoms with van der Waals surface area (Å²) in [5.41, 5.74) is 7.05. The molecule has 0 bridgehead atoms. The predicted molar refractivity (Wildman–Crippen MR) is 60.0 cm³/mol. The molecule has 3 N–H and O–H groups in total. The van der Waals surface area contributed by atoms with Crippen LogP contribution in [0.3, 0.4) is 0 Å². The third-order valence-electron chi connectivity index (χ3n) is 2.04. The summed E-state index contributed by atoms with van der Waals surface area (Å²) in [6.45, 7) is 3.95. The van der Waals surface area contributed by atoms with Crippen molar-refractivity contribution >= 4 is 27.3 Å². The van der Waals surface area contributed by atoms with Crippen LogP contribution in [0.15, 0.2) is 9.85 Å². The van der Waals surface area contributed by atoms with Crippen molar-refractivity contribution in [3.63, 3.8) is 0 Å². The maximum Gasteiger partial charge on any atom is 0.0738 e. The van der Waals surface area contributed by atoms with Gasteiger partial charge in [-0.25, -0.2) is 0 Å². The molecule has 1 aromatic rings. The Morgan fingerprint density at radius 1 is 1.69 bits per heavy atom. The van der Waals surface area contributed by atoms with Crippen molar-refractivity contribution in [3.8, 4) is 0 Å². The van der Waals surface area contributed by atoms with Crippen LogP contribution >= 0.6 is 27.3 Å². The van der Waals surface area contributed by atoms with E-state index < -0.39 is 6.10 Å². The minimum atomic E-state index is -0.440. The first-order chi connectivity index (χ1) is 6.06. The zero-order valence-electron chi connectivity index (χ0n) is 7.75. The Balaban J connectivity index is 2.82. The number of rotatable bonds is 3. The highest BCUT2D eigenvalue weighted by molar-refractivity contribution is 9.11. The van der Waals surface area contributed by atoms with Crippen LogP contribution in [0.1, 0.15) is 29.8 Å². The van der Waals surface area contributed by atoms with E-state index in [4.69, 9.17) is 5.73 Å². The Morgan fingerprint density at radius 3 is 2.69 bits per heavy atom. The van der Waals surface area contributed by atoms with Gasteiger partial charge in [0.25, 0.3) is 0 Å². The highest BCUT2D eigenvalue weighted by Gasteiger charge is 2.17. The number of hydrogen-bond donors (Lipinski definition) is 2. The lowest BCUT2D eigenvalue weighted by Crippen LogP contribution is -2.24. The predicted octanol–water partition coefficient (Wildman–Crippen LogP) is 2.59. The van der Waals surface area contributed by atoms with Gasteiger partial charge < -0.3 is 10.8 Å². The number of aliphatic hydroxyl groups excluding tert-OH is 1. The third-order valence-corrected chi connectivity index (χ3v) is 4.28. The lowest BCUT2D eigenvalue weighted by molar-refractivity contribution is 0.142. The van der Waals surface area contributed by atoms with E-state index >= 15 is 0 Å². The van der Waals surface area contributed by atoms with Gasteiger partial charge in [0.05, 0.1) is 15.9 Å². The summed E-state index contributed by atoms with van der Waals surface area (Å²) in [4.78, 5) is 1.04. The summed E-state index contributed by atoms with van der Waals surface area (Å²) < 4.78 is 1.10. The molecule has 13 heavy (non-hydrogen) atoms. The molecule has 74 valence electrons. The fourth-order valence-corrected chi connectivity index (χ4v) is 2.72. The molecule has 0 spiro atoms. The van der Waals surface area contributed by atoms with Crippen LogP contribution in [0.5, 0.6) is 0 Å². The quantitative estimate of drug-likeness (QED) is 0.881. The minimum Gasteiger partial charge on any atom is -0.391 e. The summed E-state index contributed by atoms with van der Waals surface area (Å²) in [5, 5.41) is 9.55. The van der Waals surface area contributed by atoms with Crippen LogP contribution in [0.2, 0.25) is 0 Å². The van der Waals surface area contributed by atoms with Gasteiger partial charge in [-0.1, -0.05) is 6.92 Å². The van der Waals surface area contributed by atoms with Gasteiger partial charge in [0, 0.05) is 4.88 Å². The van der Waals surface area contributed by atoms with Crippen molar-refractivity contribution in [2.45, 2.75) is 32.4 Å². The molecule has 0 aliphatic heterocycles. The van der Waals surface area contributed by atoms with Crippen LogP contribution in [-0.4, -0.2) is 11.2 Å². The third kappa shape index (κ3) is 2.53. The van der Waals surface area contributed by atoms with Crippen molar-refractivity contribution < 1.29 is 5.11 Å². The van der Waals surface area contributed by atoms with Gasteiger partial charge in [0.2, 0.25) is 0 Å². The Morgan fingerprint density at radius 2 is 2.31 bits per heavy atom. The van der Waals surface area contributed by atoms with Gasteiger partial charge in [-0.05, 0) is 40.9 Å². The second kappa shape index (κ2) is 4.55. The van der Waals surface area contributed by atoms with Crippen LogP contribution < -0.4 is 5.73 Å². The maximum absolute atomic E-state index is 9.55. The molecular formula is C9H14BrNOS. The van der Waals surface area contributed by atoms with Gasteiger partial charge in [-0.15, -0.1) is 11.3 Å². The molecule has 2 unspecified atom stereocenters. The zero-order valence-corrected chi connectivity index (χ0v) is 10.2. The second-order valence-electron chi connectivity index (χ2n) is 3.11. The summed E-state index contributed by atoms with van der Waals surface area (Å²) in [7, 11) is 0. The van der Waals surface area contributed by atoms with E-state index in [1.165, 1.54) is 5.56 Å². The van der Waals surface area contributed by atoms with Crippen LogP contribution in [0.25, 0.3) is 0 Å². The van der Waals surface area contributed by atoms with Crippen molar-refractivity contribution in [3.05, 3.63) is 20.3 Å². The maximum atomic E-state index is 9.55. The van der Waals surface area contributed by atoms with Gasteiger partial charge in [0.15, 0.2) is 0 Å². The topological polar surface area (TPSA) is 46.2 Å². The average Bonchev–Trinajstić information content (AvgIpc) is 2.44. The molecule has 4 heteroatoms. The van der Waals surface area contributed by atoms with Gasteiger partial charge in [-0.2, -0.15) is 0 Å². The van der Waals surface area contributed by atoms with Gasteiger partial charge >= 0.3 is 0 Å².